The summed E-state index contributed by atoms with van der Waals surface area (Å²) in [7, 11) is 0. The minimum Gasteiger partial charge on any atom is -0.353 e. The van der Waals surface area contributed by atoms with Crippen LogP contribution in [0.1, 0.15) is 52.9 Å². The standard InChI is InChI=1S/C14H29NO2/c1-4-16-14(17-5-2)10-11-15-13-9-7-6-8-12(13)3/h12-15H,4-11H2,1-3H3. The van der Waals surface area contributed by atoms with Crippen LogP contribution in [0.4, 0.5) is 0 Å². The minimum absolute atomic E-state index is 0.0311. The molecule has 0 amide bonds. The van der Waals surface area contributed by atoms with Crippen molar-refractivity contribution >= 4 is 0 Å². The summed E-state index contributed by atoms with van der Waals surface area (Å²) < 4.78 is 11.1. The smallest absolute Gasteiger partial charge is 0.158 e. The van der Waals surface area contributed by atoms with E-state index in [0.29, 0.717) is 6.04 Å². The highest BCUT2D eigenvalue weighted by Gasteiger charge is 2.20. The molecule has 1 N–H and O–H groups in total. The normalized spacial score (nSPS) is 25.4. The van der Waals surface area contributed by atoms with Crippen LogP contribution >= 0.6 is 0 Å². The van der Waals surface area contributed by atoms with E-state index in [1.165, 1.54) is 25.7 Å². The number of rotatable bonds is 8. The van der Waals surface area contributed by atoms with Gasteiger partial charge in [-0.15, -0.1) is 0 Å². The van der Waals surface area contributed by atoms with Crippen molar-refractivity contribution in [2.75, 3.05) is 19.8 Å². The molecule has 1 aliphatic carbocycles. The van der Waals surface area contributed by atoms with E-state index in [2.05, 4.69) is 12.2 Å². The lowest BCUT2D eigenvalue weighted by molar-refractivity contribution is -0.139. The molecular formula is C14H29NO2. The number of hydrogen-bond donors (Lipinski definition) is 1. The molecule has 0 saturated heterocycles. The van der Waals surface area contributed by atoms with Crippen LogP contribution in [-0.2, 0) is 9.47 Å². The molecule has 0 bridgehead atoms. The molecular weight excluding hydrogens is 214 g/mol. The molecule has 1 aliphatic rings. The maximum absolute atomic E-state index is 5.54. The van der Waals surface area contributed by atoms with Crippen LogP contribution in [0.25, 0.3) is 0 Å². The minimum atomic E-state index is -0.0311. The Kier molecular flexibility index (Phi) is 7.82. The summed E-state index contributed by atoms with van der Waals surface area (Å²) >= 11 is 0. The Hall–Kier alpha value is -0.120. The van der Waals surface area contributed by atoms with Crippen molar-refractivity contribution in [1.82, 2.24) is 5.32 Å². The molecule has 102 valence electrons. The molecule has 1 fully saturated rings. The summed E-state index contributed by atoms with van der Waals surface area (Å²) in [6, 6.07) is 0.702. The summed E-state index contributed by atoms with van der Waals surface area (Å²) in [5.41, 5.74) is 0. The van der Waals surface area contributed by atoms with Crippen LogP contribution in [0.15, 0.2) is 0 Å². The van der Waals surface area contributed by atoms with Gasteiger partial charge in [0.15, 0.2) is 6.29 Å². The molecule has 1 rings (SSSR count). The zero-order chi connectivity index (χ0) is 12.5. The largest absolute Gasteiger partial charge is 0.353 e. The van der Waals surface area contributed by atoms with Crippen LogP contribution in [0.5, 0.6) is 0 Å². The van der Waals surface area contributed by atoms with Gasteiger partial charge in [-0.25, -0.2) is 0 Å². The number of ether oxygens (including phenoxy) is 2. The Bertz CT molecular complexity index is 181. The van der Waals surface area contributed by atoms with E-state index in [9.17, 15) is 0 Å². The van der Waals surface area contributed by atoms with E-state index in [1.807, 2.05) is 13.8 Å². The Morgan fingerprint density at radius 1 is 1.12 bits per heavy atom. The summed E-state index contributed by atoms with van der Waals surface area (Å²) in [5, 5.41) is 3.66. The van der Waals surface area contributed by atoms with E-state index < -0.39 is 0 Å². The molecule has 17 heavy (non-hydrogen) atoms. The first-order valence-corrected chi connectivity index (χ1v) is 7.24. The number of nitrogens with one attached hydrogen (secondary N) is 1. The molecule has 0 radical (unpaired) electrons. The first-order valence-electron chi connectivity index (χ1n) is 7.24. The monoisotopic (exact) mass is 243 g/mol. The van der Waals surface area contributed by atoms with Crippen molar-refractivity contribution in [3.05, 3.63) is 0 Å². The maximum atomic E-state index is 5.54. The van der Waals surface area contributed by atoms with Gasteiger partial charge < -0.3 is 14.8 Å². The Labute approximate surface area is 106 Å². The van der Waals surface area contributed by atoms with E-state index in [1.54, 1.807) is 0 Å². The lowest BCUT2D eigenvalue weighted by atomic mass is 9.86. The fourth-order valence-electron chi connectivity index (χ4n) is 2.59. The van der Waals surface area contributed by atoms with Crippen LogP contribution in [-0.4, -0.2) is 32.1 Å². The fraction of sp³-hybridized carbons (Fsp3) is 1.00. The van der Waals surface area contributed by atoms with Crippen molar-refractivity contribution in [3.8, 4) is 0 Å². The Balaban J connectivity index is 2.15. The average molecular weight is 243 g/mol. The fourth-order valence-corrected chi connectivity index (χ4v) is 2.59. The van der Waals surface area contributed by atoms with E-state index >= 15 is 0 Å². The molecule has 0 aromatic rings. The van der Waals surface area contributed by atoms with Crippen molar-refractivity contribution in [2.24, 2.45) is 5.92 Å². The second-order valence-electron chi connectivity index (χ2n) is 4.95. The average Bonchev–Trinajstić information content (AvgIpc) is 2.32. The lowest BCUT2D eigenvalue weighted by Crippen LogP contribution is -2.39. The summed E-state index contributed by atoms with van der Waals surface area (Å²) in [4.78, 5) is 0. The van der Waals surface area contributed by atoms with Crippen molar-refractivity contribution < 1.29 is 9.47 Å². The molecule has 3 nitrogen and oxygen atoms in total. The van der Waals surface area contributed by atoms with Gasteiger partial charge in [0.1, 0.15) is 0 Å². The van der Waals surface area contributed by atoms with Crippen LogP contribution in [0.3, 0.4) is 0 Å². The second-order valence-corrected chi connectivity index (χ2v) is 4.95. The lowest BCUT2D eigenvalue weighted by Gasteiger charge is -2.30. The quantitative estimate of drug-likeness (QED) is 0.665. The van der Waals surface area contributed by atoms with Crippen LogP contribution in [0, 0.1) is 5.92 Å². The first-order chi connectivity index (χ1) is 8.27. The topological polar surface area (TPSA) is 30.5 Å². The van der Waals surface area contributed by atoms with Crippen LogP contribution in [0.2, 0.25) is 0 Å². The van der Waals surface area contributed by atoms with E-state index in [-0.39, 0.29) is 6.29 Å². The third-order valence-electron chi connectivity index (χ3n) is 3.60. The third kappa shape index (κ3) is 5.84. The van der Waals surface area contributed by atoms with Crippen molar-refractivity contribution in [3.63, 3.8) is 0 Å². The van der Waals surface area contributed by atoms with E-state index in [4.69, 9.17) is 9.47 Å². The van der Waals surface area contributed by atoms with Gasteiger partial charge >= 0.3 is 0 Å². The Morgan fingerprint density at radius 2 is 1.76 bits per heavy atom. The SMILES string of the molecule is CCOC(CCNC1CCCCC1C)OCC. The van der Waals surface area contributed by atoms with E-state index in [0.717, 1.165) is 32.1 Å². The van der Waals surface area contributed by atoms with Gasteiger partial charge in [-0.2, -0.15) is 0 Å². The van der Waals surface area contributed by atoms with Gasteiger partial charge in [-0.1, -0.05) is 19.8 Å². The predicted octanol–water partition coefficient (Wildman–Crippen LogP) is 2.94. The van der Waals surface area contributed by atoms with Gasteiger partial charge in [-0.05, 0) is 32.6 Å². The molecule has 0 spiro atoms. The number of hydrogen-bond acceptors (Lipinski definition) is 3. The van der Waals surface area contributed by atoms with Gasteiger partial charge in [0, 0.05) is 32.2 Å². The zero-order valence-electron chi connectivity index (χ0n) is 11.7. The third-order valence-corrected chi connectivity index (χ3v) is 3.60. The predicted molar refractivity (Wildman–Crippen MR) is 71.1 cm³/mol. The molecule has 0 aromatic heterocycles. The molecule has 0 heterocycles. The summed E-state index contributed by atoms with van der Waals surface area (Å²) in [6.07, 6.45) is 6.40. The summed E-state index contributed by atoms with van der Waals surface area (Å²) in [5.74, 6) is 0.821. The molecule has 1 saturated carbocycles. The highest BCUT2D eigenvalue weighted by molar-refractivity contribution is 4.77. The highest BCUT2D eigenvalue weighted by atomic mass is 16.7. The molecule has 3 heteroatoms. The zero-order valence-corrected chi connectivity index (χ0v) is 11.7. The molecule has 2 unspecified atom stereocenters. The molecule has 0 aromatic carbocycles. The Morgan fingerprint density at radius 3 is 2.35 bits per heavy atom. The van der Waals surface area contributed by atoms with Gasteiger partial charge in [-0.3, -0.25) is 0 Å². The molecule has 0 aliphatic heterocycles. The van der Waals surface area contributed by atoms with Crippen molar-refractivity contribution in [1.29, 1.82) is 0 Å². The maximum Gasteiger partial charge on any atom is 0.158 e. The van der Waals surface area contributed by atoms with Crippen LogP contribution < -0.4 is 5.32 Å². The second kappa shape index (κ2) is 8.90. The van der Waals surface area contributed by atoms with Gasteiger partial charge in [0.05, 0.1) is 0 Å². The molecule has 2 atom stereocenters. The van der Waals surface area contributed by atoms with Crippen molar-refractivity contribution in [2.45, 2.75) is 65.2 Å². The first kappa shape index (κ1) is 14.9. The van der Waals surface area contributed by atoms with Gasteiger partial charge in [0.25, 0.3) is 0 Å². The van der Waals surface area contributed by atoms with Gasteiger partial charge in [0.2, 0.25) is 0 Å². The highest BCUT2D eigenvalue weighted by Crippen LogP contribution is 2.23. The summed E-state index contributed by atoms with van der Waals surface area (Å²) in [6.45, 7) is 8.85.